The van der Waals surface area contributed by atoms with Crippen molar-refractivity contribution in [3.05, 3.63) is 132 Å². The summed E-state index contributed by atoms with van der Waals surface area (Å²) in [4.78, 5) is -1.50. The topological polar surface area (TPSA) is 294 Å². The molecule has 0 heterocycles. The largest absolute Gasteiger partial charge is 0.505 e. The molecule has 0 aliphatic carbocycles. The third-order valence-corrected chi connectivity index (χ3v) is 12.0. The lowest BCUT2D eigenvalue weighted by atomic mass is 10.0. The van der Waals surface area contributed by atoms with Crippen LogP contribution in [0.5, 0.6) is 17.2 Å². The van der Waals surface area contributed by atoms with Gasteiger partial charge in [0.2, 0.25) is 0 Å². The molecule has 7 N–H and O–H groups in total. The predicted molar refractivity (Wildman–Crippen MR) is 240 cm³/mol. The summed E-state index contributed by atoms with van der Waals surface area (Å²) < 4.78 is 70.7. The number of nitrogen functional groups attached to an aromatic ring is 1. The van der Waals surface area contributed by atoms with Crippen molar-refractivity contribution in [3.8, 4) is 17.2 Å². The monoisotopic (exact) mass is 895 g/mol. The first-order chi connectivity index (χ1) is 30.5. The van der Waals surface area contributed by atoms with Crippen LogP contribution in [0.3, 0.4) is 0 Å². The van der Waals surface area contributed by atoms with Crippen molar-refractivity contribution in [1.29, 1.82) is 0 Å². The maximum atomic E-state index is 12.7. The van der Waals surface area contributed by atoms with E-state index in [1.165, 1.54) is 31.2 Å². The molecule has 8 rings (SSSR count). The molecule has 320 valence electrons. The first-order valence-electron chi connectivity index (χ1n) is 18.9. The molecule has 0 amide bonds. The minimum atomic E-state index is -5.00. The number of benzene rings is 8. The van der Waals surface area contributed by atoms with Crippen LogP contribution in [0.2, 0.25) is 0 Å². The second kappa shape index (κ2) is 16.7. The van der Waals surface area contributed by atoms with E-state index < -0.39 is 58.6 Å². The number of hydrogen-bond acceptors (Lipinski definition) is 16. The van der Waals surface area contributed by atoms with Crippen molar-refractivity contribution in [2.24, 2.45) is 40.9 Å². The van der Waals surface area contributed by atoms with E-state index in [0.29, 0.717) is 33.4 Å². The van der Waals surface area contributed by atoms with E-state index in [-0.39, 0.29) is 49.9 Å². The summed E-state index contributed by atoms with van der Waals surface area (Å²) in [5.74, 6) is -1.20. The van der Waals surface area contributed by atoms with Gasteiger partial charge in [-0.1, -0.05) is 48.5 Å². The van der Waals surface area contributed by atoms with Gasteiger partial charge in [0.1, 0.15) is 32.5 Å². The van der Waals surface area contributed by atoms with Crippen LogP contribution in [0.4, 0.5) is 51.2 Å². The Morgan fingerprint density at radius 3 is 1.48 bits per heavy atom. The zero-order chi connectivity index (χ0) is 45.5. The van der Waals surface area contributed by atoms with Crippen LogP contribution in [0, 0.1) is 13.8 Å². The summed E-state index contributed by atoms with van der Waals surface area (Å²) in [6.07, 6.45) is 0. The van der Waals surface area contributed by atoms with E-state index in [1.807, 2.05) is 18.2 Å². The smallest absolute Gasteiger partial charge is 0.296 e. The lowest BCUT2D eigenvalue weighted by Gasteiger charge is -2.13. The number of nitrogens with zero attached hydrogens (tertiary/aromatic N) is 8. The molecule has 0 fully saturated rings. The summed E-state index contributed by atoms with van der Waals surface area (Å²) >= 11 is 0. The average Bonchev–Trinajstić information content (AvgIpc) is 3.26. The van der Waals surface area contributed by atoms with E-state index in [4.69, 9.17) is 5.73 Å². The Labute approximate surface area is 363 Å². The van der Waals surface area contributed by atoms with Gasteiger partial charge in [-0.15, -0.1) is 20.5 Å². The molecule has 0 bridgehead atoms. The molecule has 0 saturated carbocycles. The van der Waals surface area contributed by atoms with Gasteiger partial charge in [-0.05, 0) is 114 Å². The highest BCUT2D eigenvalue weighted by atomic mass is 32.2. The number of rotatable bonds is 10. The molecule has 0 unspecified atom stereocenters. The van der Waals surface area contributed by atoms with Gasteiger partial charge in [-0.2, -0.15) is 37.3 Å². The van der Waals surface area contributed by atoms with Crippen LogP contribution in [0.25, 0.3) is 32.3 Å². The molecule has 64 heavy (non-hydrogen) atoms. The lowest BCUT2D eigenvalue weighted by Crippen LogP contribution is -2.01. The van der Waals surface area contributed by atoms with Gasteiger partial charge in [0.25, 0.3) is 20.2 Å². The zero-order valence-electron chi connectivity index (χ0n) is 33.4. The fourth-order valence-electron chi connectivity index (χ4n) is 6.92. The highest BCUT2D eigenvalue weighted by molar-refractivity contribution is 7.86. The third kappa shape index (κ3) is 8.19. The molecule has 20 heteroatoms. The maximum absolute atomic E-state index is 12.7. The number of aryl methyl sites for hydroxylation is 2. The summed E-state index contributed by atoms with van der Waals surface area (Å²) in [5, 5.41) is 68.1. The van der Waals surface area contributed by atoms with Gasteiger partial charge in [0, 0.05) is 10.8 Å². The number of phenolic OH excluding ortho intramolecular Hbond substituents is 3. The Bertz CT molecular complexity index is 3570. The highest BCUT2D eigenvalue weighted by Gasteiger charge is 2.25. The SMILES string of the molecule is Cc1c(N=Nc2ccc3cc(S(=O)(=O)O)c(N=Nc4ccc5c(O)c(N=Nc6ccccc6)c(S(=O)(=O)O)cc5c4C)c(N)c3c2O)ccc2c(O)c(N=Nc3ccccc3)ccc12. The van der Waals surface area contributed by atoms with E-state index in [2.05, 4.69) is 40.9 Å². The van der Waals surface area contributed by atoms with Crippen molar-refractivity contribution in [2.75, 3.05) is 5.73 Å². The van der Waals surface area contributed by atoms with Gasteiger partial charge in [-0.25, -0.2) is 0 Å². The number of nitrogens with two attached hydrogens (primary N) is 1. The highest BCUT2D eigenvalue weighted by Crippen LogP contribution is 2.48. The Kier molecular flexibility index (Phi) is 11.1. The third-order valence-electron chi connectivity index (χ3n) is 10.2. The molecule has 0 aliphatic rings. The predicted octanol–water partition coefficient (Wildman–Crippen LogP) is 12.6. The van der Waals surface area contributed by atoms with Crippen LogP contribution < -0.4 is 5.73 Å². The number of azo groups is 4. The molecule has 0 saturated heterocycles. The Balaban J connectivity index is 1.16. The van der Waals surface area contributed by atoms with Crippen LogP contribution >= 0.6 is 0 Å². The van der Waals surface area contributed by atoms with Crippen LogP contribution in [0.1, 0.15) is 11.1 Å². The minimum Gasteiger partial charge on any atom is -0.505 e. The summed E-state index contributed by atoms with van der Waals surface area (Å²) in [6, 6.07) is 31.6. The zero-order valence-corrected chi connectivity index (χ0v) is 35.0. The molecule has 0 radical (unpaired) electrons. The van der Waals surface area contributed by atoms with Gasteiger partial charge >= 0.3 is 0 Å². The van der Waals surface area contributed by atoms with Crippen LogP contribution in [0.15, 0.2) is 172 Å². The molecule has 8 aromatic carbocycles. The number of anilines is 1. The fourth-order valence-corrected chi connectivity index (χ4v) is 8.24. The molecule has 0 atom stereocenters. The summed E-state index contributed by atoms with van der Waals surface area (Å²) in [6.45, 7) is 3.28. The van der Waals surface area contributed by atoms with Gasteiger partial charge in [0.15, 0.2) is 17.2 Å². The first kappa shape index (κ1) is 42.6. The van der Waals surface area contributed by atoms with E-state index in [9.17, 15) is 41.3 Å². The molecule has 18 nitrogen and oxygen atoms in total. The summed E-state index contributed by atoms with van der Waals surface area (Å²) in [5.41, 5.74) is 7.46. The normalized spacial score (nSPS) is 12.6. The van der Waals surface area contributed by atoms with Crippen molar-refractivity contribution in [2.45, 2.75) is 23.6 Å². The average molecular weight is 896 g/mol. The van der Waals surface area contributed by atoms with Gasteiger partial charge in [0.05, 0.1) is 33.8 Å². The number of aromatic hydroxyl groups is 3. The van der Waals surface area contributed by atoms with E-state index in [1.54, 1.807) is 73.7 Å². The minimum absolute atomic E-state index is 0.0336. The van der Waals surface area contributed by atoms with E-state index in [0.717, 1.165) is 12.1 Å². The van der Waals surface area contributed by atoms with Crippen molar-refractivity contribution in [3.63, 3.8) is 0 Å². The second-order valence-electron chi connectivity index (χ2n) is 14.2. The Morgan fingerprint density at radius 1 is 0.438 bits per heavy atom. The summed E-state index contributed by atoms with van der Waals surface area (Å²) in [7, 11) is -9.97. The number of fused-ring (bicyclic) bond motifs is 3. The molecule has 0 aliphatic heterocycles. The quantitative estimate of drug-likeness (QED) is 0.0428. The molecular formula is C44H33N9O9S2. The number of hydrogen-bond donors (Lipinski definition) is 6. The molecule has 0 aromatic heterocycles. The van der Waals surface area contributed by atoms with Gasteiger partial charge in [-0.3, -0.25) is 9.11 Å². The van der Waals surface area contributed by atoms with Crippen molar-refractivity contribution >= 4 is 104 Å². The van der Waals surface area contributed by atoms with Crippen molar-refractivity contribution < 1.29 is 41.3 Å². The Hall–Kier alpha value is -8.04. The fraction of sp³-hybridized carbons (Fsp3) is 0.0455. The Morgan fingerprint density at radius 2 is 0.875 bits per heavy atom. The second-order valence-corrected chi connectivity index (χ2v) is 17.0. The van der Waals surface area contributed by atoms with Crippen molar-refractivity contribution in [1.82, 2.24) is 0 Å². The number of phenols is 3. The van der Waals surface area contributed by atoms with Crippen LogP contribution in [-0.4, -0.2) is 41.3 Å². The van der Waals surface area contributed by atoms with Crippen LogP contribution in [-0.2, 0) is 20.2 Å². The molecular weight excluding hydrogens is 863 g/mol. The van der Waals surface area contributed by atoms with Gasteiger partial charge < -0.3 is 21.1 Å². The standard InChI is InChI=1S/C44H33N9O9S2/c1-23-28-14-20-34(50-46-26-9-5-3-6-10-26)42(54)29(28)15-18-32(23)48-51-35-17-13-25-21-36(63(57,58)59)40(39(45)38(25)44(35)56)52-49-33-19-16-30-31(24(33)2)22-37(64(60,61)62)41(43(30)55)53-47-27-11-7-4-8-12-27/h3-22,54-56H,45H2,1-2H3,(H,57,58,59)(H,60,61,62). The molecule has 0 spiro atoms. The first-order valence-corrected chi connectivity index (χ1v) is 21.7. The van der Waals surface area contributed by atoms with E-state index >= 15 is 0 Å². The lowest BCUT2D eigenvalue weighted by molar-refractivity contribution is 0.472. The molecule has 8 aromatic rings. The maximum Gasteiger partial charge on any atom is 0.296 e.